The standard InChI is InChI=1S/C21H22F3N5OS/c1-11-28-29-21(31-11)14-6-13-8-19(26-9-16(13)17(22)7-14)27-20(30)12-2-4-15(5-3-12)25-10-18(23)24/h6-9,12,15,18,25H,2-5,10H2,1H3,(H,26,27,30)/t12-,15-. The zero-order valence-corrected chi connectivity index (χ0v) is 17.7. The van der Waals surface area contributed by atoms with Crippen LogP contribution in [-0.2, 0) is 4.79 Å². The van der Waals surface area contributed by atoms with Gasteiger partial charge in [-0.2, -0.15) is 0 Å². The average molecular weight is 450 g/mol. The molecule has 2 N–H and O–H groups in total. The van der Waals surface area contributed by atoms with Gasteiger partial charge in [0.2, 0.25) is 5.91 Å². The van der Waals surface area contributed by atoms with Crippen LogP contribution in [0.15, 0.2) is 24.4 Å². The van der Waals surface area contributed by atoms with Gasteiger partial charge in [-0.3, -0.25) is 4.79 Å². The molecule has 0 unspecified atom stereocenters. The van der Waals surface area contributed by atoms with Crippen molar-refractivity contribution in [3.8, 4) is 10.6 Å². The molecule has 2 aromatic heterocycles. The Morgan fingerprint density at radius 2 is 1.97 bits per heavy atom. The second kappa shape index (κ2) is 9.27. The fourth-order valence-electron chi connectivity index (χ4n) is 3.86. The molecule has 10 heteroatoms. The summed E-state index contributed by atoms with van der Waals surface area (Å²) in [4.78, 5) is 16.8. The van der Waals surface area contributed by atoms with Gasteiger partial charge in [0.25, 0.3) is 6.43 Å². The van der Waals surface area contributed by atoms with Gasteiger partial charge in [0.15, 0.2) is 0 Å². The van der Waals surface area contributed by atoms with Crippen LogP contribution in [-0.4, -0.2) is 40.1 Å². The van der Waals surface area contributed by atoms with Crippen molar-refractivity contribution < 1.29 is 18.0 Å². The van der Waals surface area contributed by atoms with Crippen molar-refractivity contribution in [1.82, 2.24) is 20.5 Å². The van der Waals surface area contributed by atoms with Crippen molar-refractivity contribution in [1.29, 1.82) is 0 Å². The molecule has 0 radical (unpaired) electrons. The fraction of sp³-hybridized carbons (Fsp3) is 0.429. The van der Waals surface area contributed by atoms with Gasteiger partial charge in [-0.1, -0.05) is 11.3 Å². The highest BCUT2D eigenvalue weighted by molar-refractivity contribution is 7.14. The minimum absolute atomic E-state index is 0.0160. The van der Waals surface area contributed by atoms with E-state index in [1.165, 1.54) is 23.6 Å². The number of carbonyl (C=O) groups excluding carboxylic acids is 1. The molecular weight excluding hydrogens is 427 g/mol. The van der Waals surface area contributed by atoms with Gasteiger partial charge in [-0.05, 0) is 56.2 Å². The number of pyridine rings is 1. The monoisotopic (exact) mass is 449 g/mol. The van der Waals surface area contributed by atoms with E-state index in [4.69, 9.17) is 0 Å². The molecular formula is C21H22F3N5OS. The number of alkyl halides is 2. The molecule has 1 fully saturated rings. The van der Waals surface area contributed by atoms with E-state index in [9.17, 15) is 18.0 Å². The maximum Gasteiger partial charge on any atom is 0.250 e. The van der Waals surface area contributed by atoms with Crippen LogP contribution < -0.4 is 10.6 Å². The third-order valence-electron chi connectivity index (χ3n) is 5.47. The number of halogens is 3. The maximum absolute atomic E-state index is 14.5. The van der Waals surface area contributed by atoms with E-state index in [0.717, 1.165) is 5.01 Å². The van der Waals surface area contributed by atoms with Crippen molar-refractivity contribution in [3.05, 3.63) is 35.2 Å². The molecule has 0 bridgehead atoms. The van der Waals surface area contributed by atoms with Crippen molar-refractivity contribution in [2.45, 2.75) is 45.1 Å². The normalized spacial score (nSPS) is 19.1. The summed E-state index contributed by atoms with van der Waals surface area (Å²) in [6, 6.07) is 4.87. The van der Waals surface area contributed by atoms with Gasteiger partial charge < -0.3 is 10.6 Å². The number of nitrogens with zero attached hydrogens (tertiary/aromatic N) is 3. The highest BCUT2D eigenvalue weighted by Gasteiger charge is 2.27. The molecule has 1 saturated carbocycles. The van der Waals surface area contributed by atoms with E-state index in [1.54, 1.807) is 12.1 Å². The summed E-state index contributed by atoms with van der Waals surface area (Å²) in [5.74, 6) is -0.425. The number of benzene rings is 1. The number of hydrogen-bond donors (Lipinski definition) is 2. The number of anilines is 1. The third-order valence-corrected chi connectivity index (χ3v) is 6.36. The third kappa shape index (κ3) is 5.19. The first-order valence-electron chi connectivity index (χ1n) is 10.1. The summed E-state index contributed by atoms with van der Waals surface area (Å²) in [5.41, 5.74) is 0.619. The predicted molar refractivity (Wildman–Crippen MR) is 114 cm³/mol. The fourth-order valence-corrected chi connectivity index (χ4v) is 4.54. The maximum atomic E-state index is 14.5. The molecule has 2 heterocycles. The van der Waals surface area contributed by atoms with Gasteiger partial charge in [0, 0.05) is 29.1 Å². The summed E-state index contributed by atoms with van der Waals surface area (Å²) in [6.45, 7) is 1.51. The van der Waals surface area contributed by atoms with Gasteiger partial charge in [-0.15, -0.1) is 10.2 Å². The first-order chi connectivity index (χ1) is 14.9. The van der Waals surface area contributed by atoms with Crippen molar-refractivity contribution in [2.75, 3.05) is 11.9 Å². The highest BCUT2D eigenvalue weighted by Crippen LogP contribution is 2.30. The Balaban J connectivity index is 1.44. The van der Waals surface area contributed by atoms with Crippen LogP contribution in [0, 0.1) is 18.7 Å². The predicted octanol–water partition coefficient (Wildman–Crippen LogP) is 4.55. The molecule has 1 amide bonds. The van der Waals surface area contributed by atoms with Gasteiger partial charge in [-0.25, -0.2) is 18.2 Å². The number of carbonyl (C=O) groups is 1. The average Bonchev–Trinajstić information content (AvgIpc) is 3.18. The molecule has 0 aliphatic heterocycles. The van der Waals surface area contributed by atoms with Crippen LogP contribution >= 0.6 is 11.3 Å². The van der Waals surface area contributed by atoms with Crippen LogP contribution in [0.3, 0.4) is 0 Å². The minimum atomic E-state index is -2.37. The molecule has 3 aromatic rings. The molecule has 1 aromatic carbocycles. The number of hydrogen-bond acceptors (Lipinski definition) is 6. The Labute approximate surface area is 181 Å². The lowest BCUT2D eigenvalue weighted by atomic mass is 9.85. The van der Waals surface area contributed by atoms with Gasteiger partial charge in [0.1, 0.15) is 21.7 Å². The van der Waals surface area contributed by atoms with Crippen LogP contribution in [0.1, 0.15) is 30.7 Å². The van der Waals surface area contributed by atoms with E-state index in [0.29, 0.717) is 52.8 Å². The van der Waals surface area contributed by atoms with E-state index < -0.39 is 12.2 Å². The number of aromatic nitrogens is 3. The smallest absolute Gasteiger partial charge is 0.250 e. The quantitative estimate of drug-likeness (QED) is 0.577. The lowest BCUT2D eigenvalue weighted by Gasteiger charge is -2.28. The van der Waals surface area contributed by atoms with E-state index in [1.807, 2.05) is 6.92 Å². The van der Waals surface area contributed by atoms with Crippen LogP contribution in [0.4, 0.5) is 19.0 Å². The van der Waals surface area contributed by atoms with E-state index >= 15 is 0 Å². The second-order valence-corrected chi connectivity index (χ2v) is 8.89. The molecule has 31 heavy (non-hydrogen) atoms. The molecule has 1 aliphatic rings. The Kier molecular flexibility index (Phi) is 6.47. The molecule has 0 spiro atoms. The van der Waals surface area contributed by atoms with Crippen LogP contribution in [0.2, 0.25) is 0 Å². The number of fused-ring (bicyclic) bond motifs is 1. The SMILES string of the molecule is Cc1nnc(-c2cc(F)c3cnc(NC(=O)[C@H]4CC[C@H](NCC(F)F)CC4)cc3c2)s1. The van der Waals surface area contributed by atoms with Gasteiger partial charge >= 0.3 is 0 Å². The number of aryl methyl sites for hydroxylation is 1. The zero-order chi connectivity index (χ0) is 22.0. The molecule has 6 nitrogen and oxygen atoms in total. The van der Waals surface area contributed by atoms with Crippen molar-refractivity contribution in [2.24, 2.45) is 5.92 Å². The Bertz CT molecular complexity index is 1080. The number of nitrogens with one attached hydrogen (secondary N) is 2. The number of amides is 1. The highest BCUT2D eigenvalue weighted by atomic mass is 32.1. The molecule has 1 aliphatic carbocycles. The summed E-state index contributed by atoms with van der Waals surface area (Å²) >= 11 is 1.38. The van der Waals surface area contributed by atoms with Crippen molar-refractivity contribution in [3.63, 3.8) is 0 Å². The topological polar surface area (TPSA) is 79.8 Å². The Morgan fingerprint density at radius 1 is 1.19 bits per heavy atom. The first kappa shape index (κ1) is 21.6. The summed E-state index contributed by atoms with van der Waals surface area (Å²) < 4.78 is 39.2. The molecule has 164 valence electrons. The minimum Gasteiger partial charge on any atom is -0.310 e. The summed E-state index contributed by atoms with van der Waals surface area (Å²) in [6.07, 6.45) is 1.62. The van der Waals surface area contributed by atoms with Crippen LogP contribution in [0.25, 0.3) is 21.3 Å². The van der Waals surface area contributed by atoms with Crippen LogP contribution in [0.5, 0.6) is 0 Å². The largest absolute Gasteiger partial charge is 0.310 e. The summed E-state index contributed by atoms with van der Waals surface area (Å²) in [5, 5.41) is 16.1. The second-order valence-electron chi connectivity index (χ2n) is 7.71. The first-order valence-corrected chi connectivity index (χ1v) is 10.9. The zero-order valence-electron chi connectivity index (χ0n) is 16.9. The molecule has 0 saturated heterocycles. The van der Waals surface area contributed by atoms with E-state index in [-0.39, 0.29) is 24.4 Å². The lowest BCUT2D eigenvalue weighted by molar-refractivity contribution is -0.120. The lowest BCUT2D eigenvalue weighted by Crippen LogP contribution is -2.38. The molecule has 0 atom stereocenters. The molecule has 4 rings (SSSR count). The summed E-state index contributed by atoms with van der Waals surface area (Å²) in [7, 11) is 0. The Morgan fingerprint density at radius 3 is 2.65 bits per heavy atom. The van der Waals surface area contributed by atoms with E-state index in [2.05, 4.69) is 25.8 Å². The number of rotatable bonds is 6. The van der Waals surface area contributed by atoms with Gasteiger partial charge in [0.05, 0.1) is 6.54 Å². The Hall–Kier alpha value is -2.59. The van der Waals surface area contributed by atoms with Crippen molar-refractivity contribution >= 4 is 33.8 Å².